The number of methoxy groups -OCH3 is 1. The number of esters is 1. The molecule has 14 nitrogen and oxygen atoms in total. The minimum absolute atomic E-state index is 0.0999. The van der Waals surface area contributed by atoms with Gasteiger partial charge in [0, 0.05) is 18.7 Å². The van der Waals surface area contributed by atoms with Crippen LogP contribution in [0.15, 0.2) is 52.2 Å². The van der Waals surface area contributed by atoms with Crippen molar-refractivity contribution in [1.29, 1.82) is 0 Å². The Kier molecular flexibility index (Phi) is 8.65. The summed E-state index contributed by atoms with van der Waals surface area (Å²) in [4.78, 5) is 50.6. The number of quaternary nitrogens is 1. The van der Waals surface area contributed by atoms with E-state index in [1.165, 1.54) is 7.11 Å². The van der Waals surface area contributed by atoms with Gasteiger partial charge in [-0.1, -0.05) is 30.3 Å². The highest BCUT2D eigenvalue weighted by atomic mass is 31.2. The van der Waals surface area contributed by atoms with Crippen LogP contribution >= 0.6 is 8.09 Å². The minimum Gasteiger partial charge on any atom is -0.611 e. The molecule has 7 N–H and O–H groups in total. The molecule has 0 saturated carbocycles. The topological polar surface area (TPSA) is 214 Å². The number of aromatic amines is 1. The maximum atomic E-state index is 13.1. The van der Waals surface area contributed by atoms with Crippen molar-refractivity contribution < 1.29 is 44.4 Å². The first-order valence-electron chi connectivity index (χ1n) is 10.1. The number of aliphatic hydroxyl groups excluding tert-OH is 2. The molecule has 1 aliphatic rings. The molecule has 3 rings (SSSR count). The number of nitrogens with zero attached hydrogens (tertiary/aromatic N) is 1. The first-order chi connectivity index (χ1) is 16.2. The third-order valence-electron chi connectivity index (χ3n) is 5.12. The van der Waals surface area contributed by atoms with Gasteiger partial charge in [0.2, 0.25) is 6.04 Å². The van der Waals surface area contributed by atoms with Crippen molar-refractivity contribution in [2.75, 3.05) is 13.7 Å². The predicted molar refractivity (Wildman–Crippen MR) is 113 cm³/mol. The van der Waals surface area contributed by atoms with Crippen molar-refractivity contribution in [3.8, 4) is 0 Å². The normalized spacial score (nSPS) is 25.0. The van der Waals surface area contributed by atoms with Gasteiger partial charge in [0.15, 0.2) is 13.3 Å². The lowest BCUT2D eigenvalue weighted by Crippen LogP contribution is -2.56. The minimum atomic E-state index is -4.22. The number of carbonyl (C=O) groups is 1. The number of hydrogen-bond acceptors (Lipinski definition) is 11. The van der Waals surface area contributed by atoms with Crippen molar-refractivity contribution >= 4 is 14.1 Å². The van der Waals surface area contributed by atoms with Crippen LogP contribution in [0.5, 0.6) is 0 Å². The molecular formula is C19H26N4O10P+2. The quantitative estimate of drug-likeness (QED) is 0.0943. The Labute approximate surface area is 193 Å². The number of aromatic nitrogens is 2. The molecule has 1 fully saturated rings. The van der Waals surface area contributed by atoms with Crippen LogP contribution in [-0.2, 0) is 29.8 Å². The second-order valence-electron chi connectivity index (χ2n) is 7.38. The first-order valence-corrected chi connectivity index (χ1v) is 11.6. The predicted octanol–water partition coefficient (Wildman–Crippen LogP) is -3.24. The van der Waals surface area contributed by atoms with Gasteiger partial charge in [-0.3, -0.25) is 14.3 Å². The molecule has 1 saturated heterocycles. The van der Waals surface area contributed by atoms with Crippen LogP contribution in [-0.4, -0.2) is 63.8 Å². The van der Waals surface area contributed by atoms with E-state index in [0.717, 1.165) is 22.4 Å². The molecule has 0 bridgehead atoms. The van der Waals surface area contributed by atoms with Gasteiger partial charge < -0.3 is 24.6 Å². The molecule has 2 unspecified atom stereocenters. The number of hydrogen-bond donors (Lipinski definition) is 5. The summed E-state index contributed by atoms with van der Waals surface area (Å²) in [5, 5.41) is 23.1. The van der Waals surface area contributed by atoms with Crippen LogP contribution in [0.1, 0.15) is 11.8 Å². The Hall–Kier alpha value is -2.52. The van der Waals surface area contributed by atoms with Crippen molar-refractivity contribution in [3.63, 3.8) is 0 Å². The van der Waals surface area contributed by atoms with E-state index in [0.29, 0.717) is 0 Å². The van der Waals surface area contributed by atoms with Crippen molar-refractivity contribution in [3.05, 3.63) is 69.0 Å². The van der Waals surface area contributed by atoms with Crippen molar-refractivity contribution in [2.24, 2.45) is 0 Å². The van der Waals surface area contributed by atoms with E-state index in [1.54, 1.807) is 30.3 Å². The summed E-state index contributed by atoms with van der Waals surface area (Å²) >= 11 is 0. The standard InChI is InChI=1S/C19H25N4O10P/c1-30-18(27)12(9-11-5-3-2-4-6-11)22-34(29,33-20)31-10-13-15(25)16(26)17(32-13)23-8-7-14(24)21-19(23)28/h2-8,12-13,15-17,25-26H,9-10H2,1,20H3,(H-,21,22,24,28,29)/q+1/p+1/t12?,13-,15-,16+,17-,34?/m0/s1. The van der Waals surface area contributed by atoms with Crippen LogP contribution in [0.2, 0.25) is 0 Å². The monoisotopic (exact) mass is 501 g/mol. The lowest BCUT2D eigenvalue weighted by atomic mass is 10.1. The van der Waals surface area contributed by atoms with E-state index in [-0.39, 0.29) is 6.42 Å². The molecule has 2 aromatic rings. The van der Waals surface area contributed by atoms with Gasteiger partial charge in [0.1, 0.15) is 24.9 Å². The lowest BCUT2D eigenvalue weighted by molar-refractivity contribution is -0.652. The summed E-state index contributed by atoms with van der Waals surface area (Å²) in [5.41, 5.74) is -0.766. The smallest absolute Gasteiger partial charge is 0.595 e. The molecule has 1 aromatic carbocycles. The van der Waals surface area contributed by atoms with E-state index in [1.807, 2.05) is 4.98 Å². The second-order valence-corrected chi connectivity index (χ2v) is 9.15. The largest absolute Gasteiger partial charge is 0.611 e. The number of aliphatic hydroxyl groups is 2. The maximum Gasteiger partial charge on any atom is 0.595 e. The number of nitrogens with one attached hydrogen (secondary N) is 2. The Morgan fingerprint density at radius 2 is 2.03 bits per heavy atom. The molecule has 2 heterocycles. The molecule has 1 aromatic heterocycles. The molecule has 0 aliphatic carbocycles. The highest BCUT2D eigenvalue weighted by Gasteiger charge is 2.48. The Bertz CT molecular complexity index is 1080. The van der Waals surface area contributed by atoms with Gasteiger partial charge in [-0.25, -0.2) is 4.79 Å². The van der Waals surface area contributed by atoms with Crippen molar-refractivity contribution in [2.45, 2.75) is 37.0 Å². The summed E-state index contributed by atoms with van der Waals surface area (Å²) in [7, 11) is -3.05. The summed E-state index contributed by atoms with van der Waals surface area (Å²) in [6.45, 7) is -0.564. The average molecular weight is 501 g/mol. The van der Waals surface area contributed by atoms with E-state index in [2.05, 4.69) is 11.0 Å². The molecule has 0 amide bonds. The molecule has 1 radical (unpaired) electrons. The van der Waals surface area contributed by atoms with E-state index >= 15 is 0 Å². The lowest BCUT2D eigenvalue weighted by Gasteiger charge is -2.25. The second kappa shape index (κ2) is 11.3. The van der Waals surface area contributed by atoms with Gasteiger partial charge in [0.25, 0.3) is 5.56 Å². The van der Waals surface area contributed by atoms with Crippen LogP contribution in [0.4, 0.5) is 0 Å². The third-order valence-corrected chi connectivity index (χ3v) is 6.58. The number of rotatable bonds is 10. The number of benzene rings is 1. The Morgan fingerprint density at radius 1 is 1.32 bits per heavy atom. The average Bonchev–Trinajstić information content (AvgIpc) is 3.11. The van der Waals surface area contributed by atoms with E-state index in [4.69, 9.17) is 18.6 Å². The Balaban J connectivity index is 1.69. The summed E-state index contributed by atoms with van der Waals surface area (Å²) < 4.78 is 21.2. The molecule has 0 spiro atoms. The van der Waals surface area contributed by atoms with Gasteiger partial charge in [0.05, 0.1) is 4.79 Å². The zero-order valence-corrected chi connectivity index (χ0v) is 19.0. The molecule has 185 valence electrons. The number of carbonyl (C=O) groups excluding carboxylic acids is 1. The fourth-order valence-electron chi connectivity index (χ4n) is 3.37. The summed E-state index contributed by atoms with van der Waals surface area (Å²) in [5.74, 6) is 2.40. The molecule has 1 aliphatic heterocycles. The molecule has 6 atom stereocenters. The zero-order valence-electron chi connectivity index (χ0n) is 18.1. The SMILES string of the molecule is C[O+]C(=O)C(Cc1ccccc1)N[P+]([O-])(O[NH3+])OC[C@@H]1O[C@H](n2ccc(=O)[nH]c2=O)[C@H](O)[C@H]1O. The van der Waals surface area contributed by atoms with Gasteiger partial charge in [-0.15, -0.1) is 5.09 Å². The van der Waals surface area contributed by atoms with Crippen molar-refractivity contribution in [1.82, 2.24) is 14.6 Å². The third kappa shape index (κ3) is 6.13. The zero-order chi connectivity index (χ0) is 24.9. The maximum absolute atomic E-state index is 13.1. The van der Waals surface area contributed by atoms with E-state index < -0.39 is 62.5 Å². The molecule has 15 heteroatoms. The van der Waals surface area contributed by atoms with E-state index in [9.17, 15) is 29.5 Å². The fraction of sp³-hybridized carbons (Fsp3) is 0.421. The highest BCUT2D eigenvalue weighted by molar-refractivity contribution is 7.56. The number of H-pyrrole nitrogens is 1. The van der Waals surface area contributed by atoms with Crippen LogP contribution < -0.4 is 27.1 Å². The van der Waals surface area contributed by atoms with Gasteiger partial charge in [-0.2, -0.15) is 10.4 Å². The summed E-state index contributed by atoms with van der Waals surface area (Å²) in [6, 6.07) is 8.79. The molecular weight excluding hydrogens is 475 g/mol. The van der Waals surface area contributed by atoms with Gasteiger partial charge in [-0.05, 0) is 10.2 Å². The van der Waals surface area contributed by atoms with Crippen LogP contribution in [0.3, 0.4) is 0 Å². The van der Waals surface area contributed by atoms with Crippen LogP contribution in [0.25, 0.3) is 0 Å². The number of ether oxygens (including phenoxy) is 2. The fourth-order valence-corrected chi connectivity index (χ4v) is 4.52. The van der Waals surface area contributed by atoms with Gasteiger partial charge >= 0.3 is 19.8 Å². The highest BCUT2D eigenvalue weighted by Crippen LogP contribution is 2.47. The Morgan fingerprint density at radius 3 is 2.65 bits per heavy atom. The summed E-state index contributed by atoms with van der Waals surface area (Å²) in [6.07, 6.45) is -4.49. The molecule has 34 heavy (non-hydrogen) atoms. The first kappa shape index (κ1) is 26.1. The van der Waals surface area contributed by atoms with Crippen LogP contribution in [0, 0.1) is 0 Å².